The van der Waals surface area contributed by atoms with Gasteiger partial charge in [-0.15, -0.1) is 0 Å². The van der Waals surface area contributed by atoms with Gasteiger partial charge in [-0.05, 0) is 36.8 Å². The number of hydrogen-bond acceptors (Lipinski definition) is 4. The Balaban J connectivity index is 1.36. The van der Waals surface area contributed by atoms with Gasteiger partial charge in [-0.1, -0.05) is 36.8 Å². The van der Waals surface area contributed by atoms with Gasteiger partial charge in [0.1, 0.15) is 0 Å². The highest BCUT2D eigenvalue weighted by atomic mass is 16.2. The Morgan fingerprint density at radius 1 is 1.17 bits per heavy atom. The van der Waals surface area contributed by atoms with Crippen molar-refractivity contribution in [1.82, 2.24) is 25.7 Å². The van der Waals surface area contributed by atoms with Gasteiger partial charge < -0.3 is 10.6 Å². The van der Waals surface area contributed by atoms with Crippen molar-refractivity contribution in [3.05, 3.63) is 52.8 Å². The molecule has 2 heterocycles. The number of piperazine rings is 1. The molecule has 1 fully saturated rings. The lowest BCUT2D eigenvalue weighted by molar-refractivity contribution is -0.134. The fourth-order valence-electron chi connectivity index (χ4n) is 4.29. The number of hydrogen-bond donors (Lipinski definition) is 3. The summed E-state index contributed by atoms with van der Waals surface area (Å²) in [6.07, 6.45) is 5.81. The third kappa shape index (κ3) is 4.85. The van der Waals surface area contributed by atoms with E-state index >= 15 is 0 Å². The molecule has 2 aliphatic rings. The number of H-pyrrole nitrogens is 1. The number of aromatic amines is 1. The quantitative estimate of drug-likeness (QED) is 0.649. The normalized spacial score (nSPS) is 19.9. The number of nitrogens with one attached hydrogen (secondary N) is 3. The van der Waals surface area contributed by atoms with E-state index in [0.29, 0.717) is 19.6 Å². The van der Waals surface area contributed by atoms with Crippen molar-refractivity contribution >= 4 is 11.8 Å². The molecule has 4 rings (SSSR count). The highest BCUT2D eigenvalue weighted by molar-refractivity contribution is 5.88. The highest BCUT2D eigenvalue weighted by Crippen LogP contribution is 2.21. The van der Waals surface area contributed by atoms with Crippen LogP contribution in [0.4, 0.5) is 0 Å². The summed E-state index contributed by atoms with van der Waals surface area (Å²) >= 11 is 0. The predicted octanol–water partition coefficient (Wildman–Crippen LogP) is 1.69. The Hall–Kier alpha value is -2.67. The van der Waals surface area contributed by atoms with Crippen LogP contribution in [0.5, 0.6) is 0 Å². The number of aromatic nitrogens is 2. The molecule has 7 nitrogen and oxygen atoms in total. The van der Waals surface area contributed by atoms with Crippen molar-refractivity contribution in [3.8, 4) is 0 Å². The molecule has 1 aromatic heterocycles. The minimum absolute atomic E-state index is 0.0732. The lowest BCUT2D eigenvalue weighted by Gasteiger charge is -2.34. The molecule has 1 aliphatic heterocycles. The Bertz CT molecular complexity index is 848. The SMILES string of the molecule is O=C(CC1C(=O)NCCN1Cc1ccccc1)NCc1n[nH]c2c1CCCCC2. The van der Waals surface area contributed by atoms with Gasteiger partial charge in [-0.2, -0.15) is 5.10 Å². The van der Waals surface area contributed by atoms with Crippen LogP contribution in [0.2, 0.25) is 0 Å². The summed E-state index contributed by atoms with van der Waals surface area (Å²) in [7, 11) is 0. The van der Waals surface area contributed by atoms with E-state index in [1.54, 1.807) is 0 Å². The number of nitrogens with zero attached hydrogens (tertiary/aromatic N) is 2. The zero-order chi connectivity index (χ0) is 20.1. The van der Waals surface area contributed by atoms with E-state index in [9.17, 15) is 9.59 Å². The maximum absolute atomic E-state index is 12.6. The lowest BCUT2D eigenvalue weighted by atomic mass is 10.1. The first-order valence-electron chi connectivity index (χ1n) is 10.6. The average Bonchev–Trinajstić information content (AvgIpc) is 2.96. The first kappa shape index (κ1) is 19.6. The van der Waals surface area contributed by atoms with Crippen molar-refractivity contribution in [2.75, 3.05) is 13.1 Å². The summed E-state index contributed by atoms with van der Waals surface area (Å²) in [5, 5.41) is 13.4. The molecule has 2 aromatic rings. The number of carbonyl (C=O) groups excluding carboxylic acids is 2. The smallest absolute Gasteiger partial charge is 0.237 e. The Morgan fingerprint density at radius 3 is 2.86 bits per heavy atom. The monoisotopic (exact) mass is 395 g/mol. The Kier molecular flexibility index (Phi) is 6.24. The molecule has 1 saturated heterocycles. The van der Waals surface area contributed by atoms with Crippen LogP contribution >= 0.6 is 0 Å². The molecular formula is C22H29N5O2. The molecule has 154 valence electrons. The van der Waals surface area contributed by atoms with Crippen LogP contribution < -0.4 is 10.6 Å². The van der Waals surface area contributed by atoms with E-state index in [4.69, 9.17) is 0 Å². The van der Waals surface area contributed by atoms with E-state index < -0.39 is 6.04 Å². The van der Waals surface area contributed by atoms with Gasteiger partial charge in [0.15, 0.2) is 0 Å². The third-order valence-electron chi connectivity index (χ3n) is 5.89. The van der Waals surface area contributed by atoms with Crippen molar-refractivity contribution in [3.63, 3.8) is 0 Å². The van der Waals surface area contributed by atoms with E-state index in [0.717, 1.165) is 30.6 Å². The van der Waals surface area contributed by atoms with Crippen LogP contribution in [0, 0.1) is 0 Å². The second-order valence-electron chi connectivity index (χ2n) is 7.93. The molecular weight excluding hydrogens is 366 g/mol. The molecule has 0 saturated carbocycles. The summed E-state index contributed by atoms with van der Waals surface area (Å²) in [6, 6.07) is 9.62. The van der Waals surface area contributed by atoms with Gasteiger partial charge in [-0.3, -0.25) is 19.6 Å². The van der Waals surface area contributed by atoms with E-state index in [1.165, 1.54) is 30.5 Å². The van der Waals surface area contributed by atoms with E-state index in [1.807, 2.05) is 30.3 Å². The average molecular weight is 396 g/mol. The standard InChI is InChI=1S/C22H29N5O2/c28-21(24-14-19-17-9-5-2-6-10-18(17)25-26-19)13-20-22(29)23-11-12-27(20)15-16-7-3-1-4-8-16/h1,3-4,7-8,20H,2,5-6,9-15H2,(H,23,29)(H,24,28)(H,25,26). The van der Waals surface area contributed by atoms with Crippen molar-refractivity contribution in [2.24, 2.45) is 0 Å². The topological polar surface area (TPSA) is 90.1 Å². The zero-order valence-electron chi connectivity index (χ0n) is 16.7. The summed E-state index contributed by atoms with van der Waals surface area (Å²) < 4.78 is 0. The number of benzene rings is 1. The van der Waals surface area contributed by atoms with Crippen LogP contribution in [0.3, 0.4) is 0 Å². The minimum Gasteiger partial charge on any atom is -0.353 e. The molecule has 0 spiro atoms. The zero-order valence-corrected chi connectivity index (χ0v) is 16.7. The van der Waals surface area contributed by atoms with Gasteiger partial charge in [-0.25, -0.2) is 0 Å². The van der Waals surface area contributed by atoms with Gasteiger partial charge in [0.05, 0.1) is 24.7 Å². The Morgan fingerprint density at radius 2 is 2.00 bits per heavy atom. The second-order valence-corrected chi connectivity index (χ2v) is 7.93. The summed E-state index contributed by atoms with van der Waals surface area (Å²) in [5.41, 5.74) is 4.56. The van der Waals surface area contributed by atoms with Crippen LogP contribution in [0.1, 0.15) is 48.2 Å². The number of aryl methyl sites for hydroxylation is 1. The molecule has 1 aromatic carbocycles. The van der Waals surface area contributed by atoms with Crippen LogP contribution in [0.25, 0.3) is 0 Å². The minimum atomic E-state index is -0.444. The maximum atomic E-state index is 12.6. The van der Waals surface area contributed by atoms with Crippen LogP contribution in [-0.2, 0) is 35.5 Å². The molecule has 3 N–H and O–H groups in total. The van der Waals surface area contributed by atoms with E-state index in [-0.39, 0.29) is 18.2 Å². The first-order chi connectivity index (χ1) is 14.2. The molecule has 0 radical (unpaired) electrons. The second kappa shape index (κ2) is 9.22. The molecule has 1 unspecified atom stereocenters. The summed E-state index contributed by atoms with van der Waals surface area (Å²) in [6.45, 7) is 2.44. The largest absolute Gasteiger partial charge is 0.353 e. The van der Waals surface area contributed by atoms with E-state index in [2.05, 4.69) is 25.7 Å². The van der Waals surface area contributed by atoms with Crippen LogP contribution in [0.15, 0.2) is 30.3 Å². The van der Waals surface area contributed by atoms with Gasteiger partial charge >= 0.3 is 0 Å². The van der Waals surface area contributed by atoms with Gasteiger partial charge in [0.2, 0.25) is 11.8 Å². The number of carbonyl (C=O) groups is 2. The number of rotatable bonds is 6. The molecule has 7 heteroatoms. The molecule has 1 aliphatic carbocycles. The predicted molar refractivity (Wildman–Crippen MR) is 110 cm³/mol. The maximum Gasteiger partial charge on any atom is 0.237 e. The van der Waals surface area contributed by atoms with Crippen LogP contribution in [-0.4, -0.2) is 46.0 Å². The van der Waals surface area contributed by atoms with Gasteiger partial charge in [0, 0.05) is 25.3 Å². The lowest BCUT2D eigenvalue weighted by Crippen LogP contribution is -2.56. The van der Waals surface area contributed by atoms with Crippen molar-refractivity contribution in [2.45, 2.75) is 57.7 Å². The fraction of sp³-hybridized carbons (Fsp3) is 0.500. The third-order valence-corrected chi connectivity index (χ3v) is 5.89. The van der Waals surface area contributed by atoms with Crippen molar-refractivity contribution < 1.29 is 9.59 Å². The fourth-order valence-corrected chi connectivity index (χ4v) is 4.29. The molecule has 0 bridgehead atoms. The van der Waals surface area contributed by atoms with Crippen molar-refractivity contribution in [1.29, 1.82) is 0 Å². The number of fused-ring (bicyclic) bond motifs is 1. The summed E-state index contributed by atoms with van der Waals surface area (Å²) in [4.78, 5) is 27.2. The molecule has 29 heavy (non-hydrogen) atoms. The molecule has 1 atom stereocenters. The number of amides is 2. The Labute approximate surface area is 171 Å². The molecule has 2 amide bonds. The first-order valence-corrected chi connectivity index (χ1v) is 10.6. The highest BCUT2D eigenvalue weighted by Gasteiger charge is 2.31. The van der Waals surface area contributed by atoms with Gasteiger partial charge in [0.25, 0.3) is 0 Å². The summed E-state index contributed by atoms with van der Waals surface area (Å²) in [5.74, 6) is -0.188.